The monoisotopic (exact) mass is 380 g/mol. The van der Waals surface area contributed by atoms with Crippen molar-refractivity contribution in [2.45, 2.75) is 51.3 Å². The number of hydrogen-bond donors (Lipinski definition) is 1. The minimum absolute atomic E-state index is 0.00938. The Kier molecular flexibility index (Phi) is 6.02. The third kappa shape index (κ3) is 4.91. The zero-order chi connectivity index (χ0) is 20.1. The number of rotatable bonds is 3. The molecule has 148 valence electrons. The highest BCUT2D eigenvalue weighted by Gasteiger charge is 2.38. The fraction of sp³-hybridized carbons (Fsp3) is 0.391. The fourth-order valence-corrected chi connectivity index (χ4v) is 3.56. The van der Waals surface area contributed by atoms with Gasteiger partial charge in [-0.2, -0.15) is 0 Å². The summed E-state index contributed by atoms with van der Waals surface area (Å²) < 4.78 is 5.61. The molecule has 1 aliphatic rings. The van der Waals surface area contributed by atoms with E-state index in [2.05, 4.69) is 5.32 Å². The van der Waals surface area contributed by atoms with E-state index in [1.165, 1.54) is 0 Å². The molecule has 0 saturated carbocycles. The van der Waals surface area contributed by atoms with Crippen LogP contribution in [0.5, 0.6) is 0 Å². The first-order chi connectivity index (χ1) is 13.3. The van der Waals surface area contributed by atoms with Gasteiger partial charge >= 0.3 is 6.09 Å². The van der Waals surface area contributed by atoms with Crippen molar-refractivity contribution >= 4 is 12.0 Å². The van der Waals surface area contributed by atoms with E-state index < -0.39 is 17.9 Å². The number of carbonyl (C=O) groups is 2. The van der Waals surface area contributed by atoms with Crippen LogP contribution >= 0.6 is 0 Å². The second kappa shape index (κ2) is 8.46. The highest BCUT2D eigenvalue weighted by molar-refractivity contribution is 5.94. The Bertz CT molecular complexity index is 800. The van der Waals surface area contributed by atoms with Crippen molar-refractivity contribution in [1.29, 1.82) is 0 Å². The third-order valence-electron chi connectivity index (χ3n) is 4.80. The summed E-state index contributed by atoms with van der Waals surface area (Å²) in [6.07, 6.45) is 0.893. The predicted molar refractivity (Wildman–Crippen MR) is 109 cm³/mol. The van der Waals surface area contributed by atoms with Gasteiger partial charge in [-0.3, -0.25) is 9.69 Å². The van der Waals surface area contributed by atoms with Crippen LogP contribution in [0.1, 0.15) is 55.5 Å². The van der Waals surface area contributed by atoms with Gasteiger partial charge in [0, 0.05) is 18.0 Å². The summed E-state index contributed by atoms with van der Waals surface area (Å²) in [6.45, 7) is 6.10. The van der Waals surface area contributed by atoms with Crippen LogP contribution in [0.15, 0.2) is 60.7 Å². The van der Waals surface area contributed by atoms with E-state index in [9.17, 15) is 9.59 Å². The quantitative estimate of drug-likeness (QED) is 0.849. The minimum atomic E-state index is -0.592. The predicted octanol–water partition coefficient (Wildman–Crippen LogP) is 4.56. The Hall–Kier alpha value is -2.82. The standard InChI is InChI=1S/C23H28N2O3/c1-23(2,3)28-22(27)25-16-10-15-19(17-11-6-4-7-12-17)20(25)24-21(26)18-13-8-5-9-14-18/h4-9,11-14,19-20H,10,15-16H2,1-3H3,(H,24,26). The van der Waals surface area contributed by atoms with Gasteiger partial charge in [-0.1, -0.05) is 48.5 Å². The summed E-state index contributed by atoms with van der Waals surface area (Å²) in [4.78, 5) is 27.4. The lowest BCUT2D eigenvalue weighted by atomic mass is 9.87. The molecule has 1 fully saturated rings. The summed E-state index contributed by atoms with van der Waals surface area (Å²) >= 11 is 0. The summed E-state index contributed by atoms with van der Waals surface area (Å²) in [5, 5.41) is 3.09. The SMILES string of the molecule is CC(C)(C)OC(=O)N1CCCC(c2ccccc2)C1NC(=O)c1ccccc1. The molecule has 1 aliphatic heterocycles. The fourth-order valence-electron chi connectivity index (χ4n) is 3.56. The number of nitrogens with zero attached hydrogens (tertiary/aromatic N) is 1. The Morgan fingerprint density at radius 2 is 1.61 bits per heavy atom. The van der Waals surface area contributed by atoms with Gasteiger partial charge in [0.25, 0.3) is 5.91 Å². The highest BCUT2D eigenvalue weighted by atomic mass is 16.6. The lowest BCUT2D eigenvalue weighted by molar-refractivity contribution is 0.00204. The number of nitrogens with one attached hydrogen (secondary N) is 1. The molecule has 2 aromatic carbocycles. The van der Waals surface area contributed by atoms with Gasteiger partial charge in [-0.25, -0.2) is 4.79 Å². The molecule has 5 nitrogen and oxygen atoms in total. The third-order valence-corrected chi connectivity index (χ3v) is 4.80. The first-order valence-corrected chi connectivity index (χ1v) is 9.75. The molecule has 28 heavy (non-hydrogen) atoms. The molecule has 0 bridgehead atoms. The smallest absolute Gasteiger partial charge is 0.411 e. The van der Waals surface area contributed by atoms with Crippen LogP contribution in [-0.2, 0) is 4.74 Å². The summed E-state index contributed by atoms with van der Waals surface area (Å²) in [5.74, 6) is -0.183. The zero-order valence-electron chi connectivity index (χ0n) is 16.7. The number of piperidine rings is 1. The van der Waals surface area contributed by atoms with E-state index in [1.54, 1.807) is 17.0 Å². The van der Waals surface area contributed by atoms with Crippen LogP contribution in [0.4, 0.5) is 4.79 Å². The molecule has 5 heteroatoms. The van der Waals surface area contributed by atoms with Gasteiger partial charge in [-0.05, 0) is 51.3 Å². The number of benzene rings is 2. The van der Waals surface area contributed by atoms with Gasteiger partial charge < -0.3 is 10.1 Å². The molecule has 2 aromatic rings. The van der Waals surface area contributed by atoms with Crippen molar-refractivity contribution in [3.63, 3.8) is 0 Å². The van der Waals surface area contributed by atoms with Crippen LogP contribution in [0, 0.1) is 0 Å². The number of hydrogen-bond acceptors (Lipinski definition) is 3. The van der Waals surface area contributed by atoms with Crippen molar-refractivity contribution < 1.29 is 14.3 Å². The van der Waals surface area contributed by atoms with E-state index in [0.717, 1.165) is 18.4 Å². The van der Waals surface area contributed by atoms with Gasteiger partial charge in [0.2, 0.25) is 0 Å². The first kappa shape index (κ1) is 19.9. The maximum absolute atomic E-state index is 12.9. The molecular formula is C23H28N2O3. The second-order valence-corrected chi connectivity index (χ2v) is 8.12. The summed E-state index contributed by atoms with van der Waals surface area (Å²) in [5.41, 5.74) is 1.09. The number of likely N-dealkylation sites (tertiary alicyclic amines) is 1. The number of ether oxygens (including phenoxy) is 1. The van der Waals surface area contributed by atoms with Crippen LogP contribution < -0.4 is 5.32 Å². The maximum Gasteiger partial charge on any atom is 0.411 e. The lowest BCUT2D eigenvalue weighted by Gasteiger charge is -2.42. The number of carbonyl (C=O) groups excluding carboxylic acids is 2. The minimum Gasteiger partial charge on any atom is -0.444 e. The Morgan fingerprint density at radius 1 is 1.00 bits per heavy atom. The van der Waals surface area contributed by atoms with Crippen molar-refractivity contribution in [3.05, 3.63) is 71.8 Å². The lowest BCUT2D eigenvalue weighted by Crippen LogP contribution is -2.57. The van der Waals surface area contributed by atoms with E-state index in [1.807, 2.05) is 69.3 Å². The van der Waals surface area contributed by atoms with Gasteiger partial charge in [0.05, 0.1) is 0 Å². The first-order valence-electron chi connectivity index (χ1n) is 9.75. The van der Waals surface area contributed by atoms with E-state index in [-0.39, 0.29) is 11.8 Å². The summed E-state index contributed by atoms with van der Waals surface area (Å²) in [7, 11) is 0. The van der Waals surface area contributed by atoms with E-state index >= 15 is 0 Å². The normalized spacial score (nSPS) is 19.8. The molecule has 0 radical (unpaired) electrons. The van der Waals surface area contributed by atoms with Crippen LogP contribution in [0.25, 0.3) is 0 Å². The van der Waals surface area contributed by atoms with Crippen LogP contribution in [-0.4, -0.2) is 35.2 Å². The number of amides is 2. The highest BCUT2D eigenvalue weighted by Crippen LogP contribution is 2.32. The van der Waals surface area contributed by atoms with Gasteiger partial charge in [-0.15, -0.1) is 0 Å². The van der Waals surface area contributed by atoms with E-state index in [0.29, 0.717) is 12.1 Å². The molecule has 2 atom stereocenters. The molecule has 0 aromatic heterocycles. The zero-order valence-corrected chi connectivity index (χ0v) is 16.7. The molecule has 2 unspecified atom stereocenters. The average molecular weight is 380 g/mol. The van der Waals surface area contributed by atoms with Crippen molar-refractivity contribution in [2.24, 2.45) is 0 Å². The Morgan fingerprint density at radius 3 is 2.21 bits per heavy atom. The van der Waals surface area contributed by atoms with Gasteiger partial charge in [0.15, 0.2) is 0 Å². The van der Waals surface area contributed by atoms with Crippen LogP contribution in [0.2, 0.25) is 0 Å². The maximum atomic E-state index is 12.9. The Labute approximate surface area is 166 Å². The van der Waals surface area contributed by atoms with E-state index in [4.69, 9.17) is 4.74 Å². The second-order valence-electron chi connectivity index (χ2n) is 8.12. The van der Waals surface area contributed by atoms with Crippen LogP contribution in [0.3, 0.4) is 0 Å². The molecule has 0 aliphatic carbocycles. The molecule has 1 N–H and O–H groups in total. The molecule has 1 saturated heterocycles. The largest absolute Gasteiger partial charge is 0.444 e. The molecular weight excluding hydrogens is 352 g/mol. The molecule has 2 amide bonds. The van der Waals surface area contributed by atoms with Gasteiger partial charge in [0.1, 0.15) is 11.8 Å². The topological polar surface area (TPSA) is 58.6 Å². The molecule has 0 spiro atoms. The summed E-state index contributed by atoms with van der Waals surface area (Å²) in [6, 6.07) is 19.1. The molecule has 3 rings (SSSR count). The van der Waals surface area contributed by atoms with Crippen molar-refractivity contribution in [1.82, 2.24) is 10.2 Å². The van der Waals surface area contributed by atoms with Crippen molar-refractivity contribution in [2.75, 3.05) is 6.54 Å². The Balaban J connectivity index is 1.89. The van der Waals surface area contributed by atoms with Crippen molar-refractivity contribution in [3.8, 4) is 0 Å². The molecule has 1 heterocycles. The average Bonchev–Trinajstić information content (AvgIpc) is 2.68.